The summed E-state index contributed by atoms with van der Waals surface area (Å²) < 4.78 is 76.5. The molecule has 5 rings (SSSR count). The van der Waals surface area contributed by atoms with Crippen LogP contribution in [-0.4, -0.2) is 28.5 Å². The monoisotopic (exact) mass is 470 g/mol. The van der Waals surface area contributed by atoms with Gasteiger partial charge in [-0.1, -0.05) is 6.07 Å². The van der Waals surface area contributed by atoms with E-state index >= 15 is 0 Å². The first-order chi connectivity index (χ1) is 15.5. The van der Waals surface area contributed by atoms with Crippen LogP contribution in [0.2, 0.25) is 0 Å². The standard InChI is InChI=1S/C22H17F5N2O4.H2/c23-21(24,25)18-10-12-9-14(2-3-15(12)29(18)7-8-30)28-19(31)20(5-6-20)13-1-4-16-17(11-13)33-22(26,27)32-16;/h1-4,9-11,30H,5-8H2,(H,28,31);1H. The Labute approximate surface area is 185 Å². The molecule has 2 aromatic carbocycles. The van der Waals surface area contributed by atoms with Gasteiger partial charge in [-0.2, -0.15) is 13.2 Å². The number of benzene rings is 2. The molecule has 1 saturated carbocycles. The van der Waals surface area contributed by atoms with Gasteiger partial charge in [0.15, 0.2) is 11.5 Å². The Bertz CT molecular complexity index is 1270. The van der Waals surface area contributed by atoms with Crippen LogP contribution in [0.5, 0.6) is 11.5 Å². The van der Waals surface area contributed by atoms with Crippen molar-refractivity contribution in [1.82, 2.24) is 4.57 Å². The molecular formula is C22H19F5N2O4. The summed E-state index contributed by atoms with van der Waals surface area (Å²) in [6, 6.07) is 9.48. The number of carbonyl (C=O) groups is 1. The lowest BCUT2D eigenvalue weighted by Gasteiger charge is -2.16. The van der Waals surface area contributed by atoms with E-state index in [4.69, 9.17) is 5.11 Å². The predicted octanol–water partition coefficient (Wildman–Crippen LogP) is 4.89. The fourth-order valence-electron chi connectivity index (χ4n) is 4.19. The lowest BCUT2D eigenvalue weighted by Crippen LogP contribution is -2.27. The van der Waals surface area contributed by atoms with Gasteiger partial charge in [0.2, 0.25) is 5.91 Å². The molecule has 1 aliphatic heterocycles. The molecule has 0 spiro atoms. The highest BCUT2D eigenvalue weighted by molar-refractivity contribution is 6.02. The molecule has 2 N–H and O–H groups in total. The van der Waals surface area contributed by atoms with Crippen LogP contribution >= 0.6 is 0 Å². The largest absolute Gasteiger partial charge is 0.586 e. The molecule has 11 heteroatoms. The number of nitrogens with one attached hydrogen (secondary N) is 1. The second-order valence-corrected chi connectivity index (χ2v) is 8.04. The molecule has 1 fully saturated rings. The van der Waals surface area contributed by atoms with Gasteiger partial charge in [0.25, 0.3) is 0 Å². The van der Waals surface area contributed by atoms with Crippen molar-refractivity contribution < 1.29 is 42.8 Å². The second-order valence-electron chi connectivity index (χ2n) is 8.04. The van der Waals surface area contributed by atoms with Crippen LogP contribution < -0.4 is 14.8 Å². The maximum absolute atomic E-state index is 13.4. The van der Waals surface area contributed by atoms with Gasteiger partial charge in [0.05, 0.1) is 12.0 Å². The van der Waals surface area contributed by atoms with Gasteiger partial charge in [-0.15, -0.1) is 8.78 Å². The van der Waals surface area contributed by atoms with E-state index in [2.05, 4.69) is 14.8 Å². The highest BCUT2D eigenvalue weighted by atomic mass is 19.4. The quantitative estimate of drug-likeness (QED) is 0.521. The van der Waals surface area contributed by atoms with Crippen LogP contribution in [0.4, 0.5) is 27.6 Å². The Kier molecular flexibility index (Phi) is 4.61. The maximum Gasteiger partial charge on any atom is 0.586 e. The molecule has 1 amide bonds. The highest BCUT2D eigenvalue weighted by Crippen LogP contribution is 2.52. The minimum Gasteiger partial charge on any atom is -0.395 e. The number of carbonyl (C=O) groups excluding carboxylic acids is 1. The van der Waals surface area contributed by atoms with Crippen molar-refractivity contribution >= 4 is 22.5 Å². The summed E-state index contributed by atoms with van der Waals surface area (Å²) in [5.74, 6) is -0.695. The Balaban J connectivity index is 0.00000274. The molecular weight excluding hydrogens is 451 g/mol. The SMILES string of the molecule is O=C(Nc1ccc2c(c1)cc(C(F)(F)F)n2CCO)C1(c2ccc3c(c2)OC(F)(F)O3)CC1.[HH]. The fourth-order valence-corrected chi connectivity index (χ4v) is 4.19. The zero-order valence-corrected chi connectivity index (χ0v) is 16.9. The predicted molar refractivity (Wildman–Crippen MR) is 108 cm³/mol. The summed E-state index contributed by atoms with van der Waals surface area (Å²) >= 11 is 0. The Morgan fingerprint density at radius 2 is 1.82 bits per heavy atom. The first-order valence-corrected chi connectivity index (χ1v) is 10.1. The molecule has 1 aliphatic carbocycles. The van der Waals surface area contributed by atoms with Crippen molar-refractivity contribution in [3.8, 4) is 11.5 Å². The lowest BCUT2D eigenvalue weighted by molar-refractivity contribution is -0.286. The van der Waals surface area contributed by atoms with E-state index in [1.165, 1.54) is 36.4 Å². The number of halogens is 5. The Morgan fingerprint density at radius 3 is 2.48 bits per heavy atom. The normalized spacial score (nSPS) is 17.9. The van der Waals surface area contributed by atoms with E-state index in [-0.39, 0.29) is 30.4 Å². The van der Waals surface area contributed by atoms with E-state index < -0.39 is 36.1 Å². The highest BCUT2D eigenvalue weighted by Gasteiger charge is 2.52. The molecule has 0 radical (unpaired) electrons. The van der Waals surface area contributed by atoms with E-state index in [1.54, 1.807) is 0 Å². The van der Waals surface area contributed by atoms with Gasteiger partial charge in [-0.05, 0) is 54.8 Å². The third-order valence-electron chi connectivity index (χ3n) is 5.91. The number of ether oxygens (including phenoxy) is 2. The summed E-state index contributed by atoms with van der Waals surface area (Å²) in [5.41, 5.74) is -0.806. The molecule has 0 unspecified atom stereocenters. The number of aliphatic hydroxyl groups excluding tert-OH is 1. The zero-order chi connectivity index (χ0) is 23.6. The summed E-state index contributed by atoms with van der Waals surface area (Å²) in [6.07, 6.45) is -7.42. The number of anilines is 1. The van der Waals surface area contributed by atoms with Crippen molar-refractivity contribution in [2.45, 2.75) is 37.3 Å². The molecule has 3 aromatic rings. The fraction of sp³-hybridized carbons (Fsp3) is 0.318. The van der Waals surface area contributed by atoms with Crippen LogP contribution in [0.3, 0.4) is 0 Å². The number of aliphatic hydroxyl groups is 1. The lowest BCUT2D eigenvalue weighted by atomic mass is 9.94. The van der Waals surface area contributed by atoms with Gasteiger partial charge < -0.3 is 24.5 Å². The van der Waals surface area contributed by atoms with Crippen LogP contribution in [0.25, 0.3) is 10.9 Å². The van der Waals surface area contributed by atoms with Gasteiger partial charge in [0, 0.05) is 24.6 Å². The van der Waals surface area contributed by atoms with Crippen molar-refractivity contribution in [2.75, 3.05) is 11.9 Å². The van der Waals surface area contributed by atoms with Gasteiger partial charge in [-0.3, -0.25) is 4.79 Å². The third kappa shape index (κ3) is 3.65. The van der Waals surface area contributed by atoms with Crippen molar-refractivity contribution in [2.24, 2.45) is 0 Å². The molecule has 1 aromatic heterocycles. The molecule has 2 heterocycles. The molecule has 6 nitrogen and oxygen atoms in total. The van der Waals surface area contributed by atoms with Crippen LogP contribution in [-0.2, 0) is 22.9 Å². The van der Waals surface area contributed by atoms with Crippen molar-refractivity contribution in [3.63, 3.8) is 0 Å². The first-order valence-electron chi connectivity index (χ1n) is 10.1. The van der Waals surface area contributed by atoms with Gasteiger partial charge in [0.1, 0.15) is 5.69 Å². The number of nitrogens with zero attached hydrogens (tertiary/aromatic N) is 1. The average molecular weight is 470 g/mol. The smallest absolute Gasteiger partial charge is 0.395 e. The van der Waals surface area contributed by atoms with E-state index in [9.17, 15) is 26.7 Å². The van der Waals surface area contributed by atoms with Crippen LogP contribution in [0, 0.1) is 0 Å². The van der Waals surface area contributed by atoms with E-state index in [1.807, 2.05) is 0 Å². The third-order valence-corrected chi connectivity index (χ3v) is 5.91. The molecule has 0 atom stereocenters. The minimum absolute atomic E-state index is 0. The summed E-state index contributed by atoms with van der Waals surface area (Å²) in [6.45, 7) is -0.689. The summed E-state index contributed by atoms with van der Waals surface area (Å²) in [7, 11) is 0. The van der Waals surface area contributed by atoms with Gasteiger partial charge in [-0.25, -0.2) is 0 Å². The maximum atomic E-state index is 13.4. The number of hydrogen-bond donors (Lipinski definition) is 2. The zero-order valence-electron chi connectivity index (χ0n) is 16.9. The van der Waals surface area contributed by atoms with Crippen LogP contribution in [0.1, 0.15) is 25.5 Å². The topological polar surface area (TPSA) is 72.7 Å². The van der Waals surface area contributed by atoms with E-state index in [0.29, 0.717) is 24.1 Å². The molecule has 33 heavy (non-hydrogen) atoms. The average Bonchev–Trinajstić information content (AvgIpc) is 3.37. The number of aromatic nitrogens is 1. The van der Waals surface area contributed by atoms with Crippen molar-refractivity contribution in [1.29, 1.82) is 0 Å². The Hall–Kier alpha value is -3.34. The number of alkyl halides is 5. The van der Waals surface area contributed by atoms with Gasteiger partial charge >= 0.3 is 12.5 Å². The van der Waals surface area contributed by atoms with E-state index in [0.717, 1.165) is 10.6 Å². The first kappa shape index (κ1) is 21.5. The van der Waals surface area contributed by atoms with Crippen LogP contribution in [0.15, 0.2) is 42.5 Å². The second kappa shape index (κ2) is 7.08. The minimum atomic E-state index is -4.61. The molecule has 0 bridgehead atoms. The number of hydrogen-bond acceptors (Lipinski definition) is 4. The molecule has 2 aliphatic rings. The summed E-state index contributed by atoms with van der Waals surface area (Å²) in [4.78, 5) is 13.0. The summed E-state index contributed by atoms with van der Waals surface area (Å²) in [5, 5.41) is 12.1. The Morgan fingerprint density at radius 1 is 1.09 bits per heavy atom. The number of amides is 1. The number of rotatable bonds is 5. The van der Waals surface area contributed by atoms with Crippen molar-refractivity contribution in [3.05, 3.63) is 53.7 Å². The molecule has 176 valence electrons. The number of fused-ring (bicyclic) bond motifs is 2. The molecule has 0 saturated heterocycles.